The summed E-state index contributed by atoms with van der Waals surface area (Å²) in [5.41, 5.74) is 1.86. The Morgan fingerprint density at radius 1 is 1.28 bits per heavy atom. The highest BCUT2D eigenvalue weighted by molar-refractivity contribution is 5.97. The molecule has 3 aromatic rings. The summed E-state index contributed by atoms with van der Waals surface area (Å²) in [6, 6.07) is 4.84. The van der Waals surface area contributed by atoms with Gasteiger partial charge < -0.3 is 14.6 Å². The number of aromatic nitrogens is 5. The number of hydrogen-bond donors (Lipinski definition) is 2. The summed E-state index contributed by atoms with van der Waals surface area (Å²) in [5.74, 6) is 0.955. The van der Waals surface area contributed by atoms with Crippen LogP contribution in [0.4, 0.5) is 0 Å². The lowest BCUT2D eigenvalue weighted by Crippen LogP contribution is -2.36. The number of nitrogens with one attached hydrogen (secondary N) is 2. The largest absolute Gasteiger partial charge is 0.381 e. The van der Waals surface area contributed by atoms with Crippen LogP contribution in [0, 0.1) is 12.8 Å². The van der Waals surface area contributed by atoms with Crippen molar-refractivity contribution in [1.29, 1.82) is 0 Å². The van der Waals surface area contributed by atoms with Gasteiger partial charge in [0.2, 0.25) is 5.89 Å². The molecule has 2 aromatic heterocycles. The van der Waals surface area contributed by atoms with Gasteiger partial charge >= 0.3 is 0 Å². The summed E-state index contributed by atoms with van der Waals surface area (Å²) >= 11 is 0. The molecule has 0 aliphatic carbocycles. The van der Waals surface area contributed by atoms with Crippen molar-refractivity contribution in [2.45, 2.75) is 25.8 Å². The Balaban J connectivity index is 1.59. The van der Waals surface area contributed by atoms with Gasteiger partial charge in [-0.15, -0.1) is 0 Å². The molecular formula is C16H18N6O3. The lowest BCUT2D eigenvalue weighted by molar-refractivity contribution is 0.0468. The number of benzene rings is 1. The van der Waals surface area contributed by atoms with Crippen molar-refractivity contribution < 1.29 is 14.1 Å². The van der Waals surface area contributed by atoms with E-state index < -0.39 is 0 Å². The number of amides is 1. The third-order valence-corrected chi connectivity index (χ3v) is 4.41. The highest BCUT2D eigenvalue weighted by Crippen LogP contribution is 2.29. The second kappa shape index (κ2) is 6.60. The minimum atomic E-state index is -0.342. The predicted octanol–water partition coefficient (Wildman–Crippen LogP) is 1.55. The number of rotatable bonds is 4. The van der Waals surface area contributed by atoms with Crippen molar-refractivity contribution in [2.75, 3.05) is 13.2 Å². The van der Waals surface area contributed by atoms with Gasteiger partial charge in [-0.3, -0.25) is 4.79 Å². The minimum Gasteiger partial charge on any atom is -0.381 e. The monoisotopic (exact) mass is 342 g/mol. The normalized spacial score (nSPS) is 16.8. The summed E-state index contributed by atoms with van der Waals surface area (Å²) in [7, 11) is 0. The van der Waals surface area contributed by atoms with Gasteiger partial charge in [0.1, 0.15) is 17.1 Å². The van der Waals surface area contributed by atoms with E-state index in [-0.39, 0.29) is 17.9 Å². The molecule has 2 N–H and O–H groups in total. The molecule has 1 amide bonds. The Labute approximate surface area is 143 Å². The number of hydrogen-bond acceptors (Lipinski definition) is 7. The molecule has 3 heterocycles. The fourth-order valence-corrected chi connectivity index (χ4v) is 3.08. The van der Waals surface area contributed by atoms with Crippen LogP contribution >= 0.6 is 0 Å². The van der Waals surface area contributed by atoms with Gasteiger partial charge in [0.15, 0.2) is 5.82 Å². The fourth-order valence-electron chi connectivity index (χ4n) is 3.08. The Kier molecular flexibility index (Phi) is 4.14. The van der Waals surface area contributed by atoms with Gasteiger partial charge in [0, 0.05) is 18.8 Å². The first-order chi connectivity index (χ1) is 12.2. The molecule has 1 aromatic carbocycles. The van der Waals surface area contributed by atoms with Crippen molar-refractivity contribution in [3.63, 3.8) is 0 Å². The first kappa shape index (κ1) is 15.7. The van der Waals surface area contributed by atoms with Crippen molar-refractivity contribution in [1.82, 2.24) is 30.9 Å². The van der Waals surface area contributed by atoms with Crippen LogP contribution in [0.5, 0.6) is 0 Å². The van der Waals surface area contributed by atoms with E-state index in [1.165, 1.54) is 0 Å². The minimum absolute atomic E-state index is 0.188. The first-order valence-corrected chi connectivity index (χ1v) is 8.20. The Hall–Kier alpha value is -2.81. The van der Waals surface area contributed by atoms with E-state index in [2.05, 4.69) is 30.9 Å². The average molecular weight is 342 g/mol. The lowest BCUT2D eigenvalue weighted by Gasteiger charge is -2.28. The zero-order chi connectivity index (χ0) is 17.2. The smallest absolute Gasteiger partial charge is 0.252 e. The van der Waals surface area contributed by atoms with E-state index in [1.54, 1.807) is 25.1 Å². The molecule has 4 rings (SSSR count). The van der Waals surface area contributed by atoms with E-state index in [4.69, 9.17) is 9.26 Å². The van der Waals surface area contributed by atoms with Crippen LogP contribution < -0.4 is 5.32 Å². The van der Waals surface area contributed by atoms with Crippen LogP contribution in [0.25, 0.3) is 11.0 Å². The van der Waals surface area contributed by atoms with Crippen LogP contribution in [-0.4, -0.2) is 44.7 Å². The zero-order valence-electron chi connectivity index (χ0n) is 13.7. The van der Waals surface area contributed by atoms with Gasteiger partial charge in [-0.05, 0) is 43.9 Å². The summed E-state index contributed by atoms with van der Waals surface area (Å²) in [4.78, 5) is 17.1. The molecule has 1 unspecified atom stereocenters. The third-order valence-electron chi connectivity index (χ3n) is 4.41. The molecule has 1 saturated heterocycles. The summed E-state index contributed by atoms with van der Waals surface area (Å²) in [5, 5.41) is 17.4. The maximum Gasteiger partial charge on any atom is 0.252 e. The molecule has 0 radical (unpaired) electrons. The van der Waals surface area contributed by atoms with Crippen molar-refractivity contribution in [3.8, 4) is 0 Å². The number of carbonyl (C=O) groups is 1. The maximum absolute atomic E-state index is 12.8. The van der Waals surface area contributed by atoms with Gasteiger partial charge in [-0.25, -0.2) is 0 Å². The van der Waals surface area contributed by atoms with E-state index >= 15 is 0 Å². The van der Waals surface area contributed by atoms with Gasteiger partial charge in [0.25, 0.3) is 5.91 Å². The Bertz CT molecular complexity index is 883. The molecule has 0 saturated carbocycles. The van der Waals surface area contributed by atoms with Gasteiger partial charge in [-0.1, -0.05) is 5.16 Å². The van der Waals surface area contributed by atoms with Crippen LogP contribution in [0.2, 0.25) is 0 Å². The van der Waals surface area contributed by atoms with Crippen LogP contribution in [0.1, 0.15) is 41.0 Å². The Morgan fingerprint density at radius 3 is 2.84 bits per heavy atom. The molecule has 9 heteroatoms. The summed E-state index contributed by atoms with van der Waals surface area (Å²) in [6.45, 7) is 3.08. The maximum atomic E-state index is 12.8. The van der Waals surface area contributed by atoms with E-state index in [1.807, 2.05) is 0 Å². The fraction of sp³-hybridized carbons (Fsp3) is 0.438. The molecule has 130 valence electrons. The zero-order valence-corrected chi connectivity index (χ0v) is 13.7. The number of ether oxygens (including phenoxy) is 1. The number of aryl methyl sites for hydroxylation is 1. The van der Waals surface area contributed by atoms with Crippen LogP contribution in [0.3, 0.4) is 0 Å². The standard InChI is InChI=1S/C16H18N6O3/c1-9-17-16(25-21-9)14(10-4-6-24-7-5-10)18-15(23)11-2-3-12-13(8-11)20-22-19-12/h2-3,8,10,14H,4-7H2,1H3,(H,18,23)(H,19,20,22). The number of aromatic amines is 1. The second-order valence-corrected chi connectivity index (χ2v) is 6.11. The van der Waals surface area contributed by atoms with Gasteiger partial charge in [0.05, 0.1) is 0 Å². The molecule has 1 fully saturated rings. The SMILES string of the molecule is Cc1noc(C(NC(=O)c2ccc3n[nH]nc3c2)C2CCOCC2)n1. The Morgan fingerprint density at radius 2 is 2.08 bits per heavy atom. The van der Waals surface area contributed by atoms with Crippen LogP contribution in [-0.2, 0) is 4.74 Å². The molecule has 0 spiro atoms. The molecule has 1 aliphatic heterocycles. The quantitative estimate of drug-likeness (QED) is 0.738. The highest BCUT2D eigenvalue weighted by Gasteiger charge is 2.31. The van der Waals surface area contributed by atoms with Gasteiger partial charge in [-0.2, -0.15) is 20.4 Å². The van der Waals surface area contributed by atoms with Crippen molar-refractivity contribution in [3.05, 3.63) is 35.5 Å². The van der Waals surface area contributed by atoms with Crippen LogP contribution in [0.15, 0.2) is 22.7 Å². The molecule has 25 heavy (non-hydrogen) atoms. The highest BCUT2D eigenvalue weighted by atomic mass is 16.5. The van der Waals surface area contributed by atoms with Crippen molar-refractivity contribution >= 4 is 16.9 Å². The second-order valence-electron chi connectivity index (χ2n) is 6.11. The molecule has 1 atom stereocenters. The number of nitrogens with zero attached hydrogens (tertiary/aromatic N) is 4. The third kappa shape index (κ3) is 3.22. The molecular weight excluding hydrogens is 324 g/mol. The topological polar surface area (TPSA) is 119 Å². The summed E-state index contributed by atoms with van der Waals surface area (Å²) < 4.78 is 10.8. The average Bonchev–Trinajstić information content (AvgIpc) is 3.28. The predicted molar refractivity (Wildman–Crippen MR) is 86.7 cm³/mol. The first-order valence-electron chi connectivity index (χ1n) is 8.20. The molecule has 9 nitrogen and oxygen atoms in total. The van der Waals surface area contributed by atoms with Crippen molar-refractivity contribution in [2.24, 2.45) is 5.92 Å². The van der Waals surface area contributed by atoms with E-state index in [9.17, 15) is 4.79 Å². The molecule has 0 bridgehead atoms. The number of H-pyrrole nitrogens is 1. The number of fused-ring (bicyclic) bond motifs is 1. The van der Waals surface area contributed by atoms with E-state index in [0.29, 0.717) is 41.5 Å². The van der Waals surface area contributed by atoms with E-state index in [0.717, 1.165) is 12.8 Å². The summed E-state index contributed by atoms with van der Waals surface area (Å²) in [6.07, 6.45) is 1.66. The molecule has 1 aliphatic rings. The number of carbonyl (C=O) groups excluding carboxylic acids is 1. The lowest BCUT2D eigenvalue weighted by atomic mass is 9.91.